The number of hydrogen-bond acceptors (Lipinski definition) is 5. The first kappa shape index (κ1) is 12.9. The van der Waals surface area contributed by atoms with E-state index in [0.717, 1.165) is 4.90 Å². The van der Waals surface area contributed by atoms with Crippen LogP contribution in [0.1, 0.15) is 0 Å². The smallest absolute Gasteiger partial charge is 0.351 e. The number of carbonyl (C=O) groups excluding carboxylic acids is 3. The molecular formula is C8H12N2O5S. The van der Waals surface area contributed by atoms with E-state index in [0.29, 0.717) is 5.06 Å². The van der Waals surface area contributed by atoms with Crippen molar-refractivity contribution in [2.75, 3.05) is 26.1 Å². The fourth-order valence-corrected chi connectivity index (χ4v) is 1.73. The summed E-state index contributed by atoms with van der Waals surface area (Å²) in [6.45, 7) is 0. The molecule has 0 bridgehead atoms. The van der Waals surface area contributed by atoms with Gasteiger partial charge >= 0.3 is 11.9 Å². The lowest BCUT2D eigenvalue weighted by Gasteiger charge is -2.17. The van der Waals surface area contributed by atoms with Crippen molar-refractivity contribution in [2.45, 2.75) is 6.10 Å². The van der Waals surface area contributed by atoms with E-state index < -0.39 is 35.0 Å². The maximum Gasteiger partial charge on any atom is 0.351 e. The van der Waals surface area contributed by atoms with E-state index in [1.54, 1.807) is 0 Å². The van der Waals surface area contributed by atoms with Gasteiger partial charge in [-0.15, -0.1) is 5.06 Å². The summed E-state index contributed by atoms with van der Waals surface area (Å²) < 4.78 is 10.9. The Balaban J connectivity index is 2.76. The molecule has 1 aliphatic heterocycles. The van der Waals surface area contributed by atoms with Gasteiger partial charge in [0, 0.05) is 14.1 Å². The van der Waals surface area contributed by atoms with Gasteiger partial charge in [-0.25, -0.2) is 9.63 Å². The lowest BCUT2D eigenvalue weighted by Crippen LogP contribution is -2.40. The molecule has 0 spiro atoms. The standard InChI is InChI=1S/C8H12N2O5S/c1-9(2)8(13)10-7(12)6(11)5(15-10)4-16(3)14/h5H,4H2,1-3H3. The third kappa shape index (κ3) is 2.52. The Labute approximate surface area is 95.5 Å². The van der Waals surface area contributed by atoms with Crippen LogP contribution >= 0.6 is 0 Å². The van der Waals surface area contributed by atoms with Crippen molar-refractivity contribution in [2.24, 2.45) is 0 Å². The molecule has 2 unspecified atom stereocenters. The number of Topliss-reactive ketones (excluding diaryl/α,β-unsaturated/α-hetero) is 1. The SMILES string of the molecule is CN(C)C(=O)N1OC(C[S+](C)[O-])C(=O)C1=O. The van der Waals surface area contributed by atoms with Crippen molar-refractivity contribution < 1.29 is 23.8 Å². The zero-order valence-electron chi connectivity index (χ0n) is 9.13. The van der Waals surface area contributed by atoms with Crippen LogP contribution in [-0.2, 0) is 25.6 Å². The maximum atomic E-state index is 11.4. The molecule has 1 aliphatic rings. The number of hydrogen-bond donors (Lipinski definition) is 0. The largest absolute Gasteiger partial charge is 0.616 e. The summed E-state index contributed by atoms with van der Waals surface area (Å²) in [5.41, 5.74) is 0. The molecule has 16 heavy (non-hydrogen) atoms. The van der Waals surface area contributed by atoms with Crippen molar-refractivity contribution >= 4 is 28.9 Å². The third-order valence-corrected chi connectivity index (χ3v) is 2.63. The number of nitrogens with zero attached hydrogens (tertiary/aromatic N) is 2. The van der Waals surface area contributed by atoms with Crippen LogP contribution in [0.5, 0.6) is 0 Å². The predicted octanol–water partition coefficient (Wildman–Crippen LogP) is -1.24. The van der Waals surface area contributed by atoms with Crippen LogP contribution in [0.2, 0.25) is 0 Å². The highest BCUT2D eigenvalue weighted by atomic mass is 32.2. The molecule has 2 atom stereocenters. The molecule has 0 radical (unpaired) electrons. The second-order valence-electron chi connectivity index (χ2n) is 3.47. The van der Waals surface area contributed by atoms with E-state index in [1.807, 2.05) is 0 Å². The van der Waals surface area contributed by atoms with Gasteiger partial charge in [0.25, 0.3) is 5.78 Å². The summed E-state index contributed by atoms with van der Waals surface area (Å²) in [5, 5.41) is 0.403. The van der Waals surface area contributed by atoms with Gasteiger partial charge < -0.3 is 9.45 Å². The molecule has 0 N–H and O–H groups in total. The minimum Gasteiger partial charge on any atom is -0.616 e. The predicted molar refractivity (Wildman–Crippen MR) is 54.7 cm³/mol. The van der Waals surface area contributed by atoms with Crippen LogP contribution in [0.3, 0.4) is 0 Å². The first-order chi connectivity index (χ1) is 7.34. The number of ketones is 1. The summed E-state index contributed by atoms with van der Waals surface area (Å²) in [4.78, 5) is 40.1. The molecule has 8 heteroatoms. The summed E-state index contributed by atoms with van der Waals surface area (Å²) in [6.07, 6.45) is 0.264. The summed E-state index contributed by atoms with van der Waals surface area (Å²) in [6, 6.07) is -0.734. The lowest BCUT2D eigenvalue weighted by atomic mass is 10.3. The van der Waals surface area contributed by atoms with E-state index in [-0.39, 0.29) is 5.75 Å². The number of imide groups is 1. The van der Waals surface area contributed by atoms with Gasteiger partial charge in [0.05, 0.1) is 6.26 Å². The van der Waals surface area contributed by atoms with Gasteiger partial charge in [0.2, 0.25) is 0 Å². The monoisotopic (exact) mass is 248 g/mol. The number of rotatable bonds is 2. The fraction of sp³-hybridized carbons (Fsp3) is 0.625. The van der Waals surface area contributed by atoms with Crippen LogP contribution in [0.4, 0.5) is 4.79 Å². The van der Waals surface area contributed by atoms with Crippen molar-refractivity contribution in [1.82, 2.24) is 9.96 Å². The molecule has 0 saturated carbocycles. The normalized spacial score (nSPS) is 22.5. The summed E-state index contributed by atoms with van der Waals surface area (Å²) in [7, 11) is 2.85. The van der Waals surface area contributed by atoms with Gasteiger partial charge in [0.15, 0.2) is 6.10 Å². The van der Waals surface area contributed by atoms with Gasteiger partial charge in [-0.05, 0) is 0 Å². The fourth-order valence-electron chi connectivity index (χ4n) is 1.09. The van der Waals surface area contributed by atoms with E-state index in [4.69, 9.17) is 4.84 Å². The number of carbonyl (C=O) groups is 3. The van der Waals surface area contributed by atoms with Crippen LogP contribution < -0.4 is 0 Å². The Hall–Kier alpha value is -1.12. The van der Waals surface area contributed by atoms with Crippen LogP contribution in [0.15, 0.2) is 0 Å². The molecule has 0 aliphatic carbocycles. The van der Waals surface area contributed by atoms with E-state index in [9.17, 15) is 18.9 Å². The maximum absolute atomic E-state index is 11.4. The van der Waals surface area contributed by atoms with Crippen molar-refractivity contribution in [1.29, 1.82) is 0 Å². The van der Waals surface area contributed by atoms with Crippen LogP contribution in [-0.4, -0.2) is 64.4 Å². The Morgan fingerprint density at radius 3 is 2.56 bits per heavy atom. The number of amides is 3. The van der Waals surface area contributed by atoms with Gasteiger partial charge in [-0.2, -0.15) is 0 Å². The lowest BCUT2D eigenvalue weighted by molar-refractivity contribution is -0.155. The average Bonchev–Trinajstić information content (AvgIpc) is 2.44. The quantitative estimate of drug-likeness (QED) is 0.450. The Kier molecular flexibility index (Phi) is 3.89. The van der Waals surface area contributed by atoms with Crippen LogP contribution in [0, 0.1) is 0 Å². The molecule has 0 aromatic heterocycles. The second kappa shape index (κ2) is 4.81. The van der Waals surface area contributed by atoms with E-state index >= 15 is 0 Å². The molecule has 0 aromatic carbocycles. The molecule has 0 aromatic rings. The van der Waals surface area contributed by atoms with E-state index in [2.05, 4.69) is 0 Å². The summed E-state index contributed by atoms with van der Waals surface area (Å²) in [5.74, 6) is -1.96. The first-order valence-electron chi connectivity index (χ1n) is 4.41. The highest BCUT2D eigenvalue weighted by Gasteiger charge is 2.46. The molecule has 1 rings (SSSR count). The molecule has 1 fully saturated rings. The second-order valence-corrected chi connectivity index (χ2v) is 4.95. The van der Waals surface area contributed by atoms with Gasteiger partial charge in [-0.1, -0.05) is 11.2 Å². The molecular weight excluding hydrogens is 236 g/mol. The summed E-state index contributed by atoms with van der Waals surface area (Å²) >= 11 is -1.28. The van der Waals surface area contributed by atoms with Gasteiger partial charge in [0.1, 0.15) is 5.75 Å². The first-order valence-corrected chi connectivity index (χ1v) is 6.13. The average molecular weight is 248 g/mol. The Morgan fingerprint density at radius 2 is 2.12 bits per heavy atom. The molecule has 90 valence electrons. The zero-order valence-corrected chi connectivity index (χ0v) is 9.94. The zero-order chi connectivity index (χ0) is 12.5. The number of urea groups is 1. The van der Waals surface area contributed by atoms with Gasteiger partial charge in [-0.3, -0.25) is 9.59 Å². The highest BCUT2D eigenvalue weighted by Crippen LogP contribution is 2.14. The minimum absolute atomic E-state index is 0.0955. The molecule has 3 amide bonds. The van der Waals surface area contributed by atoms with Crippen molar-refractivity contribution in [3.8, 4) is 0 Å². The topological polar surface area (TPSA) is 90.0 Å². The highest BCUT2D eigenvalue weighted by molar-refractivity contribution is 7.90. The third-order valence-electron chi connectivity index (χ3n) is 1.86. The number of hydroxylamine groups is 2. The van der Waals surface area contributed by atoms with Crippen LogP contribution in [0.25, 0.3) is 0 Å². The van der Waals surface area contributed by atoms with Crippen molar-refractivity contribution in [3.63, 3.8) is 0 Å². The van der Waals surface area contributed by atoms with E-state index in [1.165, 1.54) is 20.4 Å². The molecule has 1 heterocycles. The molecule has 1 saturated heterocycles. The Morgan fingerprint density at radius 1 is 1.56 bits per heavy atom. The van der Waals surface area contributed by atoms with Crippen molar-refractivity contribution in [3.05, 3.63) is 0 Å². The molecule has 7 nitrogen and oxygen atoms in total. The minimum atomic E-state index is -1.28. The Bertz CT molecular complexity index is 330.